The van der Waals surface area contributed by atoms with E-state index in [4.69, 9.17) is 5.11 Å². The maximum absolute atomic E-state index is 10.3. The minimum absolute atomic E-state index is 0. The Labute approximate surface area is 127 Å². The number of carbonyl (C=O) groups is 1. The van der Waals surface area contributed by atoms with Crippen LogP contribution in [0.15, 0.2) is 23.8 Å². The summed E-state index contributed by atoms with van der Waals surface area (Å²) in [6, 6.07) is 0. The third kappa shape index (κ3) is 15.3. The number of allylic oxidation sites excluding steroid dienone is 3. The van der Waals surface area contributed by atoms with E-state index in [1.165, 1.54) is 0 Å². The number of carboxylic acids is 1. The molecule has 0 aromatic carbocycles. The van der Waals surface area contributed by atoms with Gasteiger partial charge in [-0.25, -0.2) is 4.79 Å². The summed E-state index contributed by atoms with van der Waals surface area (Å²) in [6.07, 6.45) is 5.72. The third-order valence-electron chi connectivity index (χ3n) is 1.15. The smallest absolute Gasteiger partial charge is 0.331 e. The Kier molecular flexibility index (Phi) is 40.8. The van der Waals surface area contributed by atoms with Gasteiger partial charge in [0.05, 0.1) is 0 Å². The Balaban J connectivity index is -0.0000000675. The van der Waals surface area contributed by atoms with Crippen molar-refractivity contribution in [1.82, 2.24) is 0 Å². The van der Waals surface area contributed by atoms with Gasteiger partial charge in [-0.3, -0.25) is 0 Å². The SMILES string of the molecule is Br.Br.Br.Br.CC=CC=C(CC)C(=O)O. The molecule has 0 atom stereocenters. The predicted octanol–water partition coefficient (Wildman–Crippen LogP) is 4.30. The van der Waals surface area contributed by atoms with E-state index in [-0.39, 0.29) is 67.9 Å². The molecule has 0 aliphatic heterocycles. The molecule has 0 spiro atoms. The molecule has 1 N–H and O–H groups in total. The molecule has 0 aromatic rings. The first-order valence-corrected chi connectivity index (χ1v) is 3.27. The van der Waals surface area contributed by atoms with Crippen LogP contribution >= 0.6 is 67.9 Å². The molecule has 0 saturated carbocycles. The highest BCUT2D eigenvalue weighted by Gasteiger charge is 2.00. The van der Waals surface area contributed by atoms with Gasteiger partial charge in [-0.05, 0) is 13.3 Å². The largest absolute Gasteiger partial charge is 0.478 e. The molecule has 0 heterocycles. The fraction of sp³-hybridized carbons (Fsp3) is 0.375. The minimum atomic E-state index is -0.833. The van der Waals surface area contributed by atoms with Gasteiger partial charge in [-0.1, -0.05) is 25.2 Å². The maximum Gasteiger partial charge on any atom is 0.331 e. The lowest BCUT2D eigenvalue weighted by molar-refractivity contribution is -0.132. The lowest BCUT2D eigenvalue weighted by Crippen LogP contribution is -1.97. The molecule has 0 bridgehead atoms. The highest BCUT2D eigenvalue weighted by atomic mass is 79.9. The lowest BCUT2D eigenvalue weighted by atomic mass is 10.2. The van der Waals surface area contributed by atoms with Gasteiger partial charge in [0.2, 0.25) is 0 Å². The Morgan fingerprint density at radius 3 is 1.86 bits per heavy atom. The van der Waals surface area contributed by atoms with Crippen LogP contribution in [-0.4, -0.2) is 11.1 Å². The summed E-state index contributed by atoms with van der Waals surface area (Å²) in [6.45, 7) is 3.68. The highest BCUT2D eigenvalue weighted by Crippen LogP contribution is 1.99. The van der Waals surface area contributed by atoms with Crippen molar-refractivity contribution in [1.29, 1.82) is 0 Å². The van der Waals surface area contributed by atoms with E-state index < -0.39 is 5.97 Å². The Morgan fingerprint density at radius 1 is 1.21 bits per heavy atom. The van der Waals surface area contributed by atoms with Crippen molar-refractivity contribution in [3.63, 3.8) is 0 Å². The molecular weight excluding hydrogens is 448 g/mol. The maximum atomic E-state index is 10.3. The Hall–Kier alpha value is 0.870. The van der Waals surface area contributed by atoms with Crippen molar-refractivity contribution >= 4 is 73.9 Å². The van der Waals surface area contributed by atoms with Gasteiger partial charge in [0.15, 0.2) is 0 Å². The predicted molar refractivity (Wildman–Crippen MR) is 82.1 cm³/mol. The van der Waals surface area contributed by atoms with Crippen LogP contribution in [0.2, 0.25) is 0 Å². The molecule has 0 rings (SSSR count). The van der Waals surface area contributed by atoms with Gasteiger partial charge in [-0.15, -0.1) is 67.9 Å². The Bertz CT molecular complexity index is 178. The molecule has 0 radical (unpaired) electrons. The third-order valence-corrected chi connectivity index (χ3v) is 1.15. The number of aliphatic carboxylic acids is 1. The number of carboxylic acid groups (broad SMARTS) is 1. The first-order valence-electron chi connectivity index (χ1n) is 3.27. The van der Waals surface area contributed by atoms with E-state index in [0.29, 0.717) is 12.0 Å². The van der Waals surface area contributed by atoms with E-state index in [1.54, 1.807) is 18.2 Å². The quantitative estimate of drug-likeness (QED) is 0.501. The van der Waals surface area contributed by atoms with Gasteiger partial charge in [0, 0.05) is 5.57 Å². The second kappa shape index (κ2) is 19.4. The fourth-order valence-electron chi connectivity index (χ4n) is 0.553. The van der Waals surface area contributed by atoms with E-state index in [2.05, 4.69) is 0 Å². The summed E-state index contributed by atoms with van der Waals surface area (Å²) < 4.78 is 0. The van der Waals surface area contributed by atoms with Crippen LogP contribution in [0.25, 0.3) is 0 Å². The topological polar surface area (TPSA) is 37.3 Å². The van der Waals surface area contributed by atoms with Crippen LogP contribution in [0.5, 0.6) is 0 Å². The summed E-state index contributed by atoms with van der Waals surface area (Å²) in [5, 5.41) is 8.50. The lowest BCUT2D eigenvalue weighted by Gasteiger charge is -1.92. The monoisotopic (exact) mass is 460 g/mol. The molecule has 0 aromatic heterocycles. The molecule has 0 unspecified atom stereocenters. The van der Waals surface area contributed by atoms with Crippen molar-refractivity contribution in [2.24, 2.45) is 0 Å². The summed E-state index contributed by atoms with van der Waals surface area (Å²) in [5.41, 5.74) is 0.443. The average Bonchev–Trinajstić information content (AvgIpc) is 1.89. The van der Waals surface area contributed by atoms with Crippen LogP contribution < -0.4 is 0 Å². The van der Waals surface area contributed by atoms with Crippen molar-refractivity contribution < 1.29 is 9.90 Å². The zero-order valence-corrected chi connectivity index (χ0v) is 14.8. The first-order chi connectivity index (χ1) is 4.72. The van der Waals surface area contributed by atoms with Gasteiger partial charge in [0.25, 0.3) is 0 Å². The van der Waals surface area contributed by atoms with Gasteiger partial charge in [-0.2, -0.15) is 0 Å². The van der Waals surface area contributed by atoms with E-state index in [1.807, 2.05) is 13.8 Å². The molecule has 0 fully saturated rings. The van der Waals surface area contributed by atoms with Crippen LogP contribution in [0.4, 0.5) is 0 Å². The fourth-order valence-corrected chi connectivity index (χ4v) is 0.553. The molecule has 0 amide bonds. The van der Waals surface area contributed by atoms with Crippen LogP contribution in [-0.2, 0) is 4.79 Å². The van der Waals surface area contributed by atoms with Crippen molar-refractivity contribution in [3.8, 4) is 0 Å². The molecule has 2 nitrogen and oxygen atoms in total. The number of hydrogen-bond acceptors (Lipinski definition) is 1. The van der Waals surface area contributed by atoms with Crippen molar-refractivity contribution in [2.45, 2.75) is 20.3 Å². The summed E-state index contributed by atoms with van der Waals surface area (Å²) in [5.74, 6) is -0.833. The molecule has 0 aliphatic carbocycles. The molecule has 0 saturated heterocycles. The average molecular weight is 464 g/mol. The second-order valence-corrected chi connectivity index (χ2v) is 1.88. The molecule has 0 aliphatic rings. The van der Waals surface area contributed by atoms with E-state index in [0.717, 1.165) is 0 Å². The normalized spacial score (nSPS) is 8.86. The van der Waals surface area contributed by atoms with Gasteiger partial charge < -0.3 is 5.11 Å². The van der Waals surface area contributed by atoms with Crippen LogP contribution in [0, 0.1) is 0 Å². The second-order valence-electron chi connectivity index (χ2n) is 1.88. The van der Waals surface area contributed by atoms with E-state index >= 15 is 0 Å². The molecule has 6 heteroatoms. The van der Waals surface area contributed by atoms with E-state index in [9.17, 15) is 4.79 Å². The zero-order chi connectivity index (χ0) is 7.98. The number of rotatable bonds is 3. The van der Waals surface area contributed by atoms with Crippen molar-refractivity contribution in [2.75, 3.05) is 0 Å². The highest BCUT2D eigenvalue weighted by molar-refractivity contribution is 8.93. The number of hydrogen-bond donors (Lipinski definition) is 1. The summed E-state index contributed by atoms with van der Waals surface area (Å²) in [4.78, 5) is 10.3. The first kappa shape index (κ1) is 29.4. The van der Waals surface area contributed by atoms with Crippen molar-refractivity contribution in [3.05, 3.63) is 23.8 Å². The number of halogens is 4. The zero-order valence-electron chi connectivity index (χ0n) is 7.93. The molecule has 88 valence electrons. The molecular formula is C8H16Br4O2. The van der Waals surface area contributed by atoms with Crippen LogP contribution in [0.1, 0.15) is 20.3 Å². The standard InChI is InChI=1S/C8H12O2.4BrH/c1-3-5-6-7(4-2)8(9)10;;;;/h3,5-6H,4H2,1-2H3,(H,9,10);4*1H. The van der Waals surface area contributed by atoms with Gasteiger partial charge >= 0.3 is 5.97 Å². The van der Waals surface area contributed by atoms with Crippen LogP contribution in [0.3, 0.4) is 0 Å². The molecule has 14 heavy (non-hydrogen) atoms. The minimum Gasteiger partial charge on any atom is -0.478 e. The Morgan fingerprint density at radius 2 is 1.64 bits per heavy atom. The summed E-state index contributed by atoms with van der Waals surface area (Å²) in [7, 11) is 0. The van der Waals surface area contributed by atoms with Gasteiger partial charge in [0.1, 0.15) is 0 Å². The summed E-state index contributed by atoms with van der Waals surface area (Å²) >= 11 is 0.